The van der Waals surface area contributed by atoms with Crippen molar-refractivity contribution in [2.75, 3.05) is 13.1 Å². The van der Waals surface area contributed by atoms with E-state index in [0.29, 0.717) is 18.7 Å². The number of hydrogen-bond donors (Lipinski definition) is 1. The number of amides is 1. The van der Waals surface area contributed by atoms with Gasteiger partial charge in [-0.2, -0.15) is 0 Å². The number of carbonyl (C=O) groups excluding carboxylic acids is 1. The molecule has 168 valence electrons. The lowest BCUT2D eigenvalue weighted by Crippen LogP contribution is -2.43. The number of nitrogens with zero attached hydrogens (tertiary/aromatic N) is 4. The number of pyridine rings is 1. The van der Waals surface area contributed by atoms with Crippen molar-refractivity contribution >= 4 is 26.8 Å². The molecule has 2 aromatic heterocycles. The predicted octanol–water partition coefficient (Wildman–Crippen LogP) is 0.196. The molecule has 0 aliphatic carbocycles. The Morgan fingerprint density at radius 2 is 1.91 bits per heavy atom. The molecule has 1 aromatic carbocycles. The second-order valence-corrected chi connectivity index (χ2v) is 9.45. The lowest BCUT2D eigenvalue weighted by molar-refractivity contribution is -0.130. The number of aryl methyl sites for hydroxylation is 1. The van der Waals surface area contributed by atoms with E-state index in [2.05, 4.69) is 9.71 Å². The Balaban J connectivity index is 1.70. The third-order valence-electron chi connectivity index (χ3n) is 5.57. The van der Waals surface area contributed by atoms with Crippen LogP contribution in [0.3, 0.4) is 0 Å². The van der Waals surface area contributed by atoms with E-state index in [1.807, 2.05) is 0 Å². The zero-order valence-corrected chi connectivity index (χ0v) is 18.3. The van der Waals surface area contributed by atoms with Gasteiger partial charge in [-0.05, 0) is 42.7 Å². The summed E-state index contributed by atoms with van der Waals surface area (Å²) >= 11 is 0. The molecule has 0 bridgehead atoms. The van der Waals surface area contributed by atoms with Crippen LogP contribution >= 0.6 is 0 Å². The SMILES string of the molecule is Cn1c(=O)n(CC(=O)N2CCCC2)c(=O)c2cc(S(=O)(=O)NCc3cccnc3)ccc21. The zero-order valence-electron chi connectivity index (χ0n) is 17.5. The maximum absolute atomic E-state index is 13.1. The summed E-state index contributed by atoms with van der Waals surface area (Å²) < 4.78 is 30.1. The van der Waals surface area contributed by atoms with Gasteiger partial charge in [-0.15, -0.1) is 0 Å². The predicted molar refractivity (Wildman–Crippen MR) is 118 cm³/mol. The van der Waals surface area contributed by atoms with Gasteiger partial charge in [0.15, 0.2) is 0 Å². The summed E-state index contributed by atoms with van der Waals surface area (Å²) in [7, 11) is -2.45. The van der Waals surface area contributed by atoms with E-state index < -0.39 is 21.3 Å². The minimum atomic E-state index is -3.93. The van der Waals surface area contributed by atoms with Crippen LogP contribution in [0.2, 0.25) is 0 Å². The minimum absolute atomic E-state index is 0.0378. The molecule has 1 aliphatic heterocycles. The molecule has 0 atom stereocenters. The molecular weight excluding hydrogens is 434 g/mol. The van der Waals surface area contributed by atoms with Crippen molar-refractivity contribution in [1.82, 2.24) is 23.7 Å². The zero-order chi connectivity index (χ0) is 22.9. The van der Waals surface area contributed by atoms with Gasteiger partial charge in [0.2, 0.25) is 15.9 Å². The van der Waals surface area contributed by atoms with Crippen LogP contribution in [0.5, 0.6) is 0 Å². The van der Waals surface area contributed by atoms with E-state index in [0.717, 1.165) is 17.4 Å². The van der Waals surface area contributed by atoms with Gasteiger partial charge in [0, 0.05) is 39.1 Å². The van der Waals surface area contributed by atoms with Crippen LogP contribution in [0.4, 0.5) is 0 Å². The number of nitrogens with one attached hydrogen (secondary N) is 1. The van der Waals surface area contributed by atoms with Crippen LogP contribution in [-0.4, -0.2) is 46.4 Å². The van der Waals surface area contributed by atoms with Crippen molar-refractivity contribution in [2.45, 2.75) is 30.8 Å². The fraction of sp³-hybridized carbons (Fsp3) is 0.333. The normalized spacial score (nSPS) is 14.2. The first kappa shape index (κ1) is 21.9. The average molecular weight is 458 g/mol. The topological polar surface area (TPSA) is 123 Å². The Labute approximate surface area is 184 Å². The molecule has 11 heteroatoms. The molecule has 1 fully saturated rings. The van der Waals surface area contributed by atoms with Gasteiger partial charge < -0.3 is 4.90 Å². The Morgan fingerprint density at radius 3 is 2.59 bits per heavy atom. The van der Waals surface area contributed by atoms with Crippen LogP contribution < -0.4 is 16.0 Å². The number of carbonyl (C=O) groups is 1. The number of benzene rings is 1. The number of likely N-dealkylation sites (tertiary alicyclic amines) is 1. The number of rotatable bonds is 6. The number of hydrogen-bond acceptors (Lipinski definition) is 6. The molecular formula is C21H23N5O5S. The van der Waals surface area contributed by atoms with Crippen molar-refractivity contribution in [2.24, 2.45) is 7.05 Å². The van der Waals surface area contributed by atoms with Gasteiger partial charge in [-0.1, -0.05) is 6.07 Å². The summed E-state index contributed by atoms with van der Waals surface area (Å²) in [6, 6.07) is 7.43. The first-order chi connectivity index (χ1) is 15.3. The summed E-state index contributed by atoms with van der Waals surface area (Å²) in [5, 5.41) is 0.0468. The highest BCUT2D eigenvalue weighted by atomic mass is 32.2. The smallest absolute Gasteiger partial charge is 0.331 e. The highest BCUT2D eigenvalue weighted by molar-refractivity contribution is 7.89. The molecule has 3 heterocycles. The second kappa shape index (κ2) is 8.67. The fourth-order valence-electron chi connectivity index (χ4n) is 3.77. The average Bonchev–Trinajstić information content (AvgIpc) is 3.34. The Bertz CT molecular complexity index is 1390. The standard InChI is InChI=1S/C21H23N5O5S/c1-24-18-7-6-16(32(30,31)23-13-15-5-4-8-22-12-15)11-17(18)20(28)26(21(24)29)14-19(27)25-9-2-3-10-25/h4-8,11-12,23H,2-3,9-10,13-14H2,1H3. The van der Waals surface area contributed by atoms with Gasteiger partial charge in [0.1, 0.15) is 6.54 Å². The maximum atomic E-state index is 13.1. The van der Waals surface area contributed by atoms with Crippen LogP contribution in [0.25, 0.3) is 10.9 Å². The van der Waals surface area contributed by atoms with E-state index in [4.69, 9.17) is 0 Å². The molecule has 4 rings (SSSR count). The van der Waals surface area contributed by atoms with Gasteiger partial charge >= 0.3 is 5.69 Å². The van der Waals surface area contributed by atoms with Crippen molar-refractivity contribution in [3.8, 4) is 0 Å². The van der Waals surface area contributed by atoms with E-state index in [9.17, 15) is 22.8 Å². The summed E-state index contributed by atoms with van der Waals surface area (Å²) in [6.45, 7) is 0.868. The highest BCUT2D eigenvalue weighted by Gasteiger charge is 2.22. The molecule has 1 saturated heterocycles. The molecule has 32 heavy (non-hydrogen) atoms. The lowest BCUT2D eigenvalue weighted by atomic mass is 10.2. The minimum Gasteiger partial charge on any atom is -0.341 e. The van der Waals surface area contributed by atoms with Crippen LogP contribution in [0.1, 0.15) is 18.4 Å². The summed E-state index contributed by atoms with van der Waals surface area (Å²) in [6.07, 6.45) is 4.92. The van der Waals surface area contributed by atoms with E-state index in [1.54, 1.807) is 29.4 Å². The van der Waals surface area contributed by atoms with Crippen LogP contribution in [0, 0.1) is 0 Å². The number of aromatic nitrogens is 3. The first-order valence-corrected chi connectivity index (χ1v) is 11.7. The molecule has 1 N–H and O–H groups in total. The monoisotopic (exact) mass is 457 g/mol. The fourth-order valence-corrected chi connectivity index (χ4v) is 4.81. The molecule has 0 saturated carbocycles. The number of sulfonamides is 1. The third-order valence-corrected chi connectivity index (χ3v) is 6.97. The maximum Gasteiger partial charge on any atom is 0.331 e. The van der Waals surface area contributed by atoms with Crippen molar-refractivity contribution < 1.29 is 13.2 Å². The van der Waals surface area contributed by atoms with E-state index in [-0.39, 0.29) is 34.8 Å². The lowest BCUT2D eigenvalue weighted by Gasteiger charge is -2.17. The van der Waals surface area contributed by atoms with E-state index >= 15 is 0 Å². The van der Waals surface area contributed by atoms with Gasteiger partial charge in [0.05, 0.1) is 15.8 Å². The van der Waals surface area contributed by atoms with Crippen molar-refractivity contribution in [3.05, 3.63) is 69.1 Å². The van der Waals surface area contributed by atoms with Crippen LogP contribution in [0.15, 0.2) is 57.2 Å². The molecule has 10 nitrogen and oxygen atoms in total. The third kappa shape index (κ3) is 4.21. The molecule has 1 aliphatic rings. The van der Waals surface area contributed by atoms with Crippen molar-refractivity contribution in [3.63, 3.8) is 0 Å². The molecule has 0 radical (unpaired) electrons. The largest absolute Gasteiger partial charge is 0.341 e. The molecule has 0 unspecified atom stereocenters. The second-order valence-electron chi connectivity index (χ2n) is 7.69. The molecule has 1 amide bonds. The van der Waals surface area contributed by atoms with E-state index in [1.165, 1.54) is 29.8 Å². The highest BCUT2D eigenvalue weighted by Crippen LogP contribution is 2.16. The van der Waals surface area contributed by atoms with Crippen molar-refractivity contribution in [1.29, 1.82) is 0 Å². The van der Waals surface area contributed by atoms with Gasteiger partial charge in [-0.3, -0.25) is 23.7 Å². The quantitative estimate of drug-likeness (QED) is 0.564. The Morgan fingerprint density at radius 1 is 1.16 bits per heavy atom. The van der Waals surface area contributed by atoms with Gasteiger partial charge in [-0.25, -0.2) is 17.9 Å². The Kier molecular flexibility index (Phi) is 5.94. The summed E-state index contributed by atoms with van der Waals surface area (Å²) in [5.41, 5.74) is -0.349. The summed E-state index contributed by atoms with van der Waals surface area (Å²) in [5.74, 6) is -0.303. The van der Waals surface area contributed by atoms with Crippen LogP contribution in [-0.2, 0) is 35.0 Å². The Hall–Kier alpha value is -3.31. The number of fused-ring (bicyclic) bond motifs is 1. The summed E-state index contributed by atoms with van der Waals surface area (Å²) in [4.78, 5) is 43.8. The first-order valence-electron chi connectivity index (χ1n) is 10.2. The van der Waals surface area contributed by atoms with Gasteiger partial charge in [0.25, 0.3) is 5.56 Å². The molecule has 0 spiro atoms. The molecule has 3 aromatic rings.